The van der Waals surface area contributed by atoms with Gasteiger partial charge in [0.1, 0.15) is 5.00 Å². The summed E-state index contributed by atoms with van der Waals surface area (Å²) < 4.78 is 23.8. The second-order valence-corrected chi connectivity index (χ2v) is 7.82. The summed E-state index contributed by atoms with van der Waals surface area (Å²) in [5.41, 5.74) is 0.582. The zero-order valence-electron chi connectivity index (χ0n) is 12.6. The van der Waals surface area contributed by atoms with Crippen LogP contribution in [-0.4, -0.2) is 33.0 Å². The quantitative estimate of drug-likeness (QED) is 0.862. The van der Waals surface area contributed by atoms with Gasteiger partial charge in [-0.15, -0.1) is 11.3 Å². The molecule has 1 aromatic carbocycles. The van der Waals surface area contributed by atoms with E-state index in [1.54, 1.807) is 18.4 Å². The Kier molecular flexibility index (Phi) is 5.17. The lowest BCUT2D eigenvalue weighted by atomic mass is 10.2. The van der Waals surface area contributed by atoms with E-state index >= 15 is 0 Å². The number of hydrogen-bond donors (Lipinski definition) is 2. The van der Waals surface area contributed by atoms with Crippen LogP contribution in [0.5, 0.6) is 0 Å². The van der Waals surface area contributed by atoms with Crippen molar-refractivity contribution in [3.05, 3.63) is 46.8 Å². The molecule has 0 saturated carbocycles. The summed E-state index contributed by atoms with van der Waals surface area (Å²) in [6.45, 7) is 1.55. The Labute approximate surface area is 138 Å². The van der Waals surface area contributed by atoms with Crippen molar-refractivity contribution in [2.24, 2.45) is 0 Å². The van der Waals surface area contributed by atoms with Crippen molar-refractivity contribution < 1.29 is 18.0 Å². The molecule has 23 heavy (non-hydrogen) atoms. The third kappa shape index (κ3) is 3.77. The van der Waals surface area contributed by atoms with E-state index < -0.39 is 15.7 Å². The summed E-state index contributed by atoms with van der Waals surface area (Å²) in [5.74, 6) is -0.807. The van der Waals surface area contributed by atoms with Gasteiger partial charge < -0.3 is 10.6 Å². The van der Waals surface area contributed by atoms with E-state index in [-0.39, 0.29) is 22.1 Å². The Morgan fingerprint density at radius 1 is 1.17 bits per heavy atom. The maximum absolute atomic E-state index is 12.3. The molecule has 0 aliphatic rings. The predicted molar refractivity (Wildman–Crippen MR) is 89.8 cm³/mol. The van der Waals surface area contributed by atoms with Crippen LogP contribution in [0.4, 0.5) is 5.00 Å². The van der Waals surface area contributed by atoms with Crippen LogP contribution in [0, 0.1) is 0 Å². The topological polar surface area (TPSA) is 92.3 Å². The van der Waals surface area contributed by atoms with E-state index in [0.717, 1.165) is 0 Å². The van der Waals surface area contributed by atoms with Crippen molar-refractivity contribution in [3.8, 4) is 0 Å². The van der Waals surface area contributed by atoms with Gasteiger partial charge in [0.05, 0.1) is 16.2 Å². The standard InChI is InChI=1S/C15H16N2O4S2/c1-3-23(20,21)11-6-4-5-10(9-11)13(18)17-15-12(7-8-22-15)14(19)16-2/h4-9H,3H2,1-2H3,(H,16,19)(H,17,18). The SMILES string of the molecule is CCS(=O)(=O)c1cccc(C(=O)Nc2sccc2C(=O)NC)c1. The first-order valence-corrected chi connectivity index (χ1v) is 9.36. The molecule has 0 spiro atoms. The highest BCUT2D eigenvalue weighted by atomic mass is 32.2. The minimum absolute atomic E-state index is 0.0379. The van der Waals surface area contributed by atoms with Gasteiger partial charge in [-0.05, 0) is 29.6 Å². The lowest BCUT2D eigenvalue weighted by Gasteiger charge is -2.07. The fourth-order valence-electron chi connectivity index (χ4n) is 1.89. The van der Waals surface area contributed by atoms with Gasteiger partial charge in [0.2, 0.25) is 0 Å². The van der Waals surface area contributed by atoms with Gasteiger partial charge >= 0.3 is 0 Å². The van der Waals surface area contributed by atoms with Crippen LogP contribution in [0.1, 0.15) is 27.6 Å². The molecule has 6 nitrogen and oxygen atoms in total. The zero-order valence-corrected chi connectivity index (χ0v) is 14.3. The number of carbonyl (C=O) groups excluding carboxylic acids is 2. The Balaban J connectivity index is 2.27. The van der Waals surface area contributed by atoms with Gasteiger partial charge in [0.15, 0.2) is 9.84 Å². The van der Waals surface area contributed by atoms with E-state index in [1.165, 1.54) is 42.6 Å². The summed E-state index contributed by atoms with van der Waals surface area (Å²) in [5, 5.41) is 7.24. The fraction of sp³-hybridized carbons (Fsp3) is 0.200. The maximum Gasteiger partial charge on any atom is 0.256 e. The van der Waals surface area contributed by atoms with Crippen molar-refractivity contribution in [3.63, 3.8) is 0 Å². The molecule has 2 amide bonds. The molecular weight excluding hydrogens is 336 g/mol. The highest BCUT2D eigenvalue weighted by molar-refractivity contribution is 7.91. The molecule has 0 radical (unpaired) electrons. The van der Waals surface area contributed by atoms with Crippen LogP contribution in [-0.2, 0) is 9.84 Å². The zero-order chi connectivity index (χ0) is 17.0. The Morgan fingerprint density at radius 2 is 1.91 bits per heavy atom. The molecule has 2 aromatic rings. The van der Waals surface area contributed by atoms with Gasteiger partial charge in [0, 0.05) is 12.6 Å². The normalized spacial score (nSPS) is 11.0. The van der Waals surface area contributed by atoms with E-state index in [0.29, 0.717) is 10.6 Å². The fourth-order valence-corrected chi connectivity index (χ4v) is 3.60. The first-order chi connectivity index (χ1) is 10.9. The molecular formula is C15H16N2O4S2. The van der Waals surface area contributed by atoms with Crippen molar-refractivity contribution in [1.29, 1.82) is 0 Å². The molecule has 1 heterocycles. The lowest BCUT2D eigenvalue weighted by molar-refractivity contribution is 0.0964. The minimum atomic E-state index is -3.38. The van der Waals surface area contributed by atoms with Crippen molar-refractivity contribution in [2.45, 2.75) is 11.8 Å². The molecule has 122 valence electrons. The number of nitrogens with one attached hydrogen (secondary N) is 2. The number of rotatable bonds is 5. The van der Waals surface area contributed by atoms with Crippen LogP contribution in [0.3, 0.4) is 0 Å². The number of hydrogen-bond acceptors (Lipinski definition) is 5. The number of thiophene rings is 1. The van der Waals surface area contributed by atoms with Gasteiger partial charge in [-0.25, -0.2) is 8.42 Å². The van der Waals surface area contributed by atoms with Gasteiger partial charge in [-0.1, -0.05) is 13.0 Å². The lowest BCUT2D eigenvalue weighted by Crippen LogP contribution is -2.20. The first-order valence-electron chi connectivity index (χ1n) is 6.82. The number of benzene rings is 1. The van der Waals surface area contributed by atoms with E-state index in [9.17, 15) is 18.0 Å². The average Bonchev–Trinajstić information content (AvgIpc) is 3.02. The molecule has 0 aliphatic heterocycles. The summed E-state index contributed by atoms with van der Waals surface area (Å²) in [6.07, 6.45) is 0. The maximum atomic E-state index is 12.3. The molecule has 0 fully saturated rings. The smallest absolute Gasteiger partial charge is 0.256 e. The number of amides is 2. The molecule has 0 unspecified atom stereocenters. The second kappa shape index (κ2) is 6.93. The molecule has 0 saturated heterocycles. The summed E-state index contributed by atoms with van der Waals surface area (Å²) >= 11 is 1.22. The van der Waals surface area contributed by atoms with Crippen LogP contribution >= 0.6 is 11.3 Å². The van der Waals surface area contributed by atoms with Gasteiger partial charge in [-0.3, -0.25) is 9.59 Å². The Bertz CT molecular complexity index is 841. The number of sulfone groups is 1. The molecule has 2 rings (SSSR count). The number of anilines is 1. The van der Waals surface area contributed by atoms with Crippen molar-refractivity contribution in [2.75, 3.05) is 18.1 Å². The van der Waals surface area contributed by atoms with Crippen LogP contribution in [0.25, 0.3) is 0 Å². The van der Waals surface area contributed by atoms with E-state index in [2.05, 4.69) is 10.6 Å². The van der Waals surface area contributed by atoms with Crippen LogP contribution in [0.15, 0.2) is 40.6 Å². The van der Waals surface area contributed by atoms with Crippen molar-refractivity contribution >= 4 is 38.0 Å². The monoisotopic (exact) mass is 352 g/mol. The van der Waals surface area contributed by atoms with E-state index in [4.69, 9.17) is 0 Å². The molecule has 0 aliphatic carbocycles. The molecule has 2 N–H and O–H groups in total. The third-order valence-electron chi connectivity index (χ3n) is 3.20. The highest BCUT2D eigenvalue weighted by Gasteiger charge is 2.17. The number of carbonyl (C=O) groups is 2. The molecule has 1 aromatic heterocycles. The van der Waals surface area contributed by atoms with Crippen LogP contribution in [0.2, 0.25) is 0 Å². The molecule has 0 atom stereocenters. The minimum Gasteiger partial charge on any atom is -0.355 e. The second-order valence-electron chi connectivity index (χ2n) is 4.63. The summed E-state index contributed by atoms with van der Waals surface area (Å²) in [6, 6.07) is 7.44. The Hall–Kier alpha value is -2.19. The largest absolute Gasteiger partial charge is 0.355 e. The van der Waals surface area contributed by atoms with Crippen molar-refractivity contribution in [1.82, 2.24) is 5.32 Å². The third-order valence-corrected chi connectivity index (χ3v) is 5.76. The highest BCUT2D eigenvalue weighted by Crippen LogP contribution is 2.24. The van der Waals surface area contributed by atoms with Gasteiger partial charge in [-0.2, -0.15) is 0 Å². The first kappa shape index (κ1) is 17.2. The Morgan fingerprint density at radius 3 is 2.57 bits per heavy atom. The van der Waals surface area contributed by atoms with Crippen LogP contribution < -0.4 is 10.6 Å². The average molecular weight is 352 g/mol. The van der Waals surface area contributed by atoms with E-state index in [1.807, 2.05) is 0 Å². The molecule has 8 heteroatoms. The molecule has 0 bridgehead atoms. The predicted octanol–water partition coefficient (Wildman–Crippen LogP) is 2.15. The summed E-state index contributed by atoms with van der Waals surface area (Å²) in [4.78, 5) is 24.1. The van der Waals surface area contributed by atoms with Gasteiger partial charge in [0.25, 0.3) is 11.8 Å². The summed E-state index contributed by atoms with van der Waals surface area (Å²) in [7, 11) is -1.88.